The van der Waals surface area contributed by atoms with Gasteiger partial charge in [-0.15, -0.1) is 11.3 Å². The molecule has 1 aliphatic heterocycles. The Labute approximate surface area is 131 Å². The number of morpholine rings is 1. The summed E-state index contributed by atoms with van der Waals surface area (Å²) in [6, 6.07) is 5.34. The van der Waals surface area contributed by atoms with Crippen molar-refractivity contribution in [2.24, 2.45) is 0 Å². The van der Waals surface area contributed by atoms with E-state index in [1.54, 1.807) is 23.2 Å². The van der Waals surface area contributed by atoms with Crippen molar-refractivity contribution >= 4 is 17.2 Å². The van der Waals surface area contributed by atoms with Crippen molar-refractivity contribution in [3.63, 3.8) is 0 Å². The van der Waals surface area contributed by atoms with Crippen LogP contribution in [0.5, 0.6) is 0 Å². The van der Waals surface area contributed by atoms with Crippen molar-refractivity contribution in [3.05, 3.63) is 50.3 Å². The molecule has 0 saturated carbocycles. The number of aromatic nitrogens is 2. The van der Waals surface area contributed by atoms with Gasteiger partial charge >= 0.3 is 0 Å². The van der Waals surface area contributed by atoms with Gasteiger partial charge in [0.2, 0.25) is 5.91 Å². The first-order valence-electron chi connectivity index (χ1n) is 7.11. The second-order valence-corrected chi connectivity index (χ2v) is 6.26. The molecule has 0 bridgehead atoms. The van der Waals surface area contributed by atoms with Gasteiger partial charge in [0.05, 0.1) is 19.6 Å². The highest BCUT2D eigenvalue weighted by Crippen LogP contribution is 2.20. The molecular formula is C15H17N3O3S. The van der Waals surface area contributed by atoms with Crippen molar-refractivity contribution in [2.75, 3.05) is 19.7 Å². The van der Waals surface area contributed by atoms with E-state index in [0.717, 1.165) is 4.88 Å². The molecule has 1 fully saturated rings. The summed E-state index contributed by atoms with van der Waals surface area (Å²) in [5, 5.41) is 1.96. The zero-order valence-electron chi connectivity index (χ0n) is 12.2. The van der Waals surface area contributed by atoms with Crippen LogP contribution in [0.1, 0.15) is 22.5 Å². The number of H-pyrrole nitrogens is 1. The minimum Gasteiger partial charge on any atom is -0.367 e. The van der Waals surface area contributed by atoms with Gasteiger partial charge in [0.1, 0.15) is 11.9 Å². The zero-order valence-corrected chi connectivity index (χ0v) is 13.1. The van der Waals surface area contributed by atoms with Gasteiger partial charge in [0.25, 0.3) is 5.56 Å². The minimum atomic E-state index is -0.381. The summed E-state index contributed by atoms with van der Waals surface area (Å²) >= 11 is 1.58. The maximum absolute atomic E-state index is 12.4. The van der Waals surface area contributed by atoms with Gasteiger partial charge in [-0.05, 0) is 18.4 Å². The normalized spacial score (nSPS) is 18.4. The Kier molecular flexibility index (Phi) is 4.35. The third kappa shape index (κ3) is 3.42. The van der Waals surface area contributed by atoms with Crippen molar-refractivity contribution in [2.45, 2.75) is 19.4 Å². The Morgan fingerprint density at radius 2 is 2.45 bits per heavy atom. The number of amides is 1. The number of nitrogens with zero attached hydrogens (tertiary/aromatic N) is 2. The number of ether oxygens (including phenoxy) is 1. The average Bonchev–Trinajstić information content (AvgIpc) is 2.99. The van der Waals surface area contributed by atoms with Gasteiger partial charge in [-0.1, -0.05) is 6.07 Å². The summed E-state index contributed by atoms with van der Waals surface area (Å²) < 4.78 is 5.67. The van der Waals surface area contributed by atoms with Crippen LogP contribution in [0, 0.1) is 6.92 Å². The molecule has 1 amide bonds. The smallest absolute Gasteiger partial charge is 0.251 e. The first-order valence-corrected chi connectivity index (χ1v) is 7.99. The van der Waals surface area contributed by atoms with Gasteiger partial charge in [0.15, 0.2) is 0 Å². The predicted molar refractivity (Wildman–Crippen MR) is 82.9 cm³/mol. The highest BCUT2D eigenvalue weighted by molar-refractivity contribution is 7.10. The number of rotatable bonds is 3. The van der Waals surface area contributed by atoms with Crippen LogP contribution in [0.25, 0.3) is 0 Å². The second-order valence-electron chi connectivity index (χ2n) is 5.23. The standard InChI is InChI=1S/C15H17N3O3S/c1-10-7-13(19)17-15(16-10)12-9-18(4-5-21-12)14(20)8-11-3-2-6-22-11/h2-3,6-7,12H,4-5,8-9H2,1H3,(H,16,17,19)/t12-/m1/s1. The molecule has 0 aromatic carbocycles. The topological polar surface area (TPSA) is 75.3 Å². The maximum Gasteiger partial charge on any atom is 0.251 e. The fourth-order valence-electron chi connectivity index (χ4n) is 2.47. The van der Waals surface area contributed by atoms with Crippen LogP contribution in [0.2, 0.25) is 0 Å². The Bertz CT molecular complexity index is 711. The fourth-order valence-corrected chi connectivity index (χ4v) is 3.17. The van der Waals surface area contributed by atoms with Crippen molar-refractivity contribution in [1.29, 1.82) is 0 Å². The third-order valence-electron chi connectivity index (χ3n) is 3.52. The zero-order chi connectivity index (χ0) is 15.5. The molecule has 0 aliphatic carbocycles. The van der Waals surface area contributed by atoms with Crippen molar-refractivity contribution in [1.82, 2.24) is 14.9 Å². The van der Waals surface area contributed by atoms with Gasteiger partial charge in [0, 0.05) is 23.2 Å². The third-order valence-corrected chi connectivity index (χ3v) is 4.39. The molecule has 22 heavy (non-hydrogen) atoms. The molecule has 2 aromatic rings. The van der Waals surface area contributed by atoms with Crippen LogP contribution in [0.3, 0.4) is 0 Å². The van der Waals surface area contributed by atoms with Gasteiger partial charge in [-0.3, -0.25) is 9.59 Å². The maximum atomic E-state index is 12.4. The lowest BCUT2D eigenvalue weighted by molar-refractivity contribution is -0.138. The monoisotopic (exact) mass is 319 g/mol. The van der Waals surface area contributed by atoms with E-state index >= 15 is 0 Å². The van der Waals surface area contributed by atoms with E-state index < -0.39 is 0 Å². The Hall–Kier alpha value is -1.99. The van der Waals surface area contributed by atoms with Crippen LogP contribution in [0.15, 0.2) is 28.4 Å². The van der Waals surface area contributed by atoms with E-state index in [2.05, 4.69) is 9.97 Å². The molecule has 0 radical (unpaired) electrons. The molecule has 2 aromatic heterocycles. The van der Waals surface area contributed by atoms with Crippen LogP contribution in [0.4, 0.5) is 0 Å². The summed E-state index contributed by atoms with van der Waals surface area (Å²) in [5.74, 6) is 0.560. The van der Waals surface area contributed by atoms with Crippen molar-refractivity contribution in [3.8, 4) is 0 Å². The lowest BCUT2D eigenvalue weighted by Gasteiger charge is -2.32. The van der Waals surface area contributed by atoms with Crippen molar-refractivity contribution < 1.29 is 9.53 Å². The molecule has 1 aliphatic rings. The summed E-state index contributed by atoms with van der Waals surface area (Å²) in [4.78, 5) is 33.7. The number of nitrogens with one attached hydrogen (secondary N) is 1. The molecule has 6 nitrogen and oxygen atoms in total. The highest BCUT2D eigenvalue weighted by atomic mass is 32.1. The summed E-state index contributed by atoms with van der Waals surface area (Å²) in [6.07, 6.45) is 0.0240. The van der Waals surface area contributed by atoms with Crippen LogP contribution in [-0.4, -0.2) is 40.5 Å². The molecular weight excluding hydrogens is 302 g/mol. The lowest BCUT2D eigenvalue weighted by Crippen LogP contribution is -2.43. The largest absolute Gasteiger partial charge is 0.367 e. The number of hydrogen-bond donors (Lipinski definition) is 1. The molecule has 116 valence electrons. The van der Waals surface area contributed by atoms with E-state index in [1.807, 2.05) is 17.5 Å². The van der Waals surface area contributed by atoms with E-state index in [0.29, 0.717) is 37.6 Å². The first kappa shape index (κ1) is 14.9. The number of hydrogen-bond acceptors (Lipinski definition) is 5. The summed E-state index contributed by atoms with van der Waals surface area (Å²) in [6.45, 7) is 3.19. The van der Waals surface area contributed by atoms with E-state index in [-0.39, 0.29) is 17.6 Å². The molecule has 3 heterocycles. The summed E-state index contributed by atoms with van der Waals surface area (Å²) in [7, 11) is 0. The van der Waals surface area contributed by atoms with Gasteiger partial charge in [-0.2, -0.15) is 0 Å². The quantitative estimate of drug-likeness (QED) is 0.925. The molecule has 0 spiro atoms. The predicted octanol–water partition coefficient (Wildman–Crippen LogP) is 1.28. The highest BCUT2D eigenvalue weighted by Gasteiger charge is 2.27. The second kappa shape index (κ2) is 6.41. The molecule has 1 atom stereocenters. The number of aryl methyl sites for hydroxylation is 1. The molecule has 0 unspecified atom stereocenters. The van der Waals surface area contributed by atoms with E-state index in [9.17, 15) is 9.59 Å². The summed E-state index contributed by atoms with van der Waals surface area (Å²) in [5.41, 5.74) is 0.442. The first-order chi connectivity index (χ1) is 10.6. The fraction of sp³-hybridized carbons (Fsp3) is 0.400. The molecule has 1 N–H and O–H groups in total. The van der Waals surface area contributed by atoms with E-state index in [1.165, 1.54) is 6.07 Å². The SMILES string of the molecule is Cc1cc(=O)[nH]c([C@H]2CN(C(=O)Cc3cccs3)CCO2)n1. The molecule has 3 rings (SSSR count). The lowest BCUT2D eigenvalue weighted by atomic mass is 10.2. The van der Waals surface area contributed by atoms with Crippen LogP contribution in [-0.2, 0) is 16.0 Å². The number of carbonyl (C=O) groups is 1. The number of carbonyl (C=O) groups excluding carboxylic acids is 1. The van der Waals surface area contributed by atoms with Crippen LogP contribution >= 0.6 is 11.3 Å². The van der Waals surface area contributed by atoms with Gasteiger partial charge < -0.3 is 14.6 Å². The van der Waals surface area contributed by atoms with Crippen LogP contribution < -0.4 is 5.56 Å². The number of thiophene rings is 1. The molecule has 1 saturated heterocycles. The minimum absolute atomic E-state index is 0.0748. The van der Waals surface area contributed by atoms with E-state index in [4.69, 9.17) is 4.74 Å². The Balaban J connectivity index is 1.71. The Morgan fingerprint density at radius 3 is 3.18 bits per heavy atom. The van der Waals surface area contributed by atoms with Gasteiger partial charge in [-0.25, -0.2) is 4.98 Å². The average molecular weight is 319 g/mol. The molecule has 7 heteroatoms. The number of aromatic amines is 1. The Morgan fingerprint density at radius 1 is 1.59 bits per heavy atom.